The van der Waals surface area contributed by atoms with Gasteiger partial charge in [-0.25, -0.2) is 8.42 Å². The molecule has 0 saturated carbocycles. The van der Waals surface area contributed by atoms with Crippen molar-refractivity contribution in [2.75, 3.05) is 18.6 Å². The average molecular weight is 310 g/mol. The lowest BCUT2D eigenvalue weighted by Crippen LogP contribution is -2.08. The molecule has 0 amide bonds. The zero-order valence-corrected chi connectivity index (χ0v) is 13.0. The van der Waals surface area contributed by atoms with Gasteiger partial charge in [0.2, 0.25) is 0 Å². The molecule has 0 radical (unpaired) electrons. The summed E-state index contributed by atoms with van der Waals surface area (Å²) >= 11 is 0. The molecule has 21 heavy (non-hydrogen) atoms. The second-order valence-corrected chi connectivity index (χ2v) is 7.10. The monoisotopic (exact) mass is 310 g/mol. The number of sulfone groups is 1. The van der Waals surface area contributed by atoms with Crippen LogP contribution in [0.2, 0.25) is 0 Å². The molecule has 0 bridgehead atoms. The first-order valence-electron chi connectivity index (χ1n) is 6.51. The van der Waals surface area contributed by atoms with Gasteiger partial charge in [-0.2, -0.15) is 0 Å². The van der Waals surface area contributed by atoms with Crippen molar-refractivity contribution < 1.29 is 17.7 Å². The van der Waals surface area contributed by atoms with Crippen molar-refractivity contribution in [1.29, 1.82) is 0 Å². The van der Waals surface area contributed by atoms with Crippen LogP contribution < -0.4 is 10.5 Å². The van der Waals surface area contributed by atoms with Crippen molar-refractivity contribution in [2.24, 2.45) is 0 Å². The third-order valence-corrected chi connectivity index (χ3v) is 4.71. The van der Waals surface area contributed by atoms with Crippen molar-refractivity contribution >= 4 is 15.7 Å². The van der Waals surface area contributed by atoms with Gasteiger partial charge in [0.1, 0.15) is 11.0 Å². The zero-order valence-electron chi connectivity index (χ0n) is 12.2. The van der Waals surface area contributed by atoms with Gasteiger partial charge in [0, 0.05) is 6.26 Å². The summed E-state index contributed by atoms with van der Waals surface area (Å²) in [4.78, 5) is 0. The fraction of sp³-hybridized carbons (Fsp3) is 0.357. The Morgan fingerprint density at radius 2 is 1.95 bits per heavy atom. The van der Waals surface area contributed by atoms with Crippen molar-refractivity contribution in [3.05, 3.63) is 30.0 Å². The molecule has 0 spiro atoms. The Kier molecular flexibility index (Phi) is 4.22. The summed E-state index contributed by atoms with van der Waals surface area (Å²) in [6, 6.07) is 7.18. The normalized spacial score (nSPS) is 13.1. The third kappa shape index (κ3) is 3.18. The molecule has 1 unspecified atom stereocenters. The SMILES string of the molecule is CCOc1ccc(-c2c(N)noc2C(C)S(C)(=O)=O)cc1. The van der Waals surface area contributed by atoms with Gasteiger partial charge in [-0.1, -0.05) is 17.3 Å². The second kappa shape index (κ2) is 5.77. The molecule has 0 aliphatic rings. The summed E-state index contributed by atoms with van der Waals surface area (Å²) in [5.74, 6) is 1.15. The number of nitrogens with zero attached hydrogens (tertiary/aromatic N) is 1. The van der Waals surface area contributed by atoms with E-state index >= 15 is 0 Å². The highest BCUT2D eigenvalue weighted by Gasteiger charge is 2.27. The Bertz CT molecular complexity index is 720. The number of nitrogens with two attached hydrogens (primary N) is 1. The molecule has 0 saturated heterocycles. The first kappa shape index (κ1) is 15.4. The number of anilines is 1. The molecular weight excluding hydrogens is 292 g/mol. The fourth-order valence-corrected chi connectivity index (χ4v) is 2.51. The van der Waals surface area contributed by atoms with Crippen LogP contribution >= 0.6 is 0 Å². The summed E-state index contributed by atoms with van der Waals surface area (Å²) < 4.78 is 33.9. The van der Waals surface area contributed by atoms with Crippen LogP contribution in [0.1, 0.15) is 24.9 Å². The minimum atomic E-state index is -3.30. The maximum Gasteiger partial charge on any atom is 0.175 e. The Hall–Kier alpha value is -2.02. The number of nitrogen functional groups attached to an aromatic ring is 1. The fourth-order valence-electron chi connectivity index (χ4n) is 1.96. The average Bonchev–Trinajstić information content (AvgIpc) is 2.80. The number of hydrogen-bond donors (Lipinski definition) is 1. The number of rotatable bonds is 5. The van der Waals surface area contributed by atoms with Gasteiger partial charge < -0.3 is 15.0 Å². The van der Waals surface area contributed by atoms with Crippen molar-refractivity contribution in [3.63, 3.8) is 0 Å². The smallest absolute Gasteiger partial charge is 0.175 e. The number of ether oxygens (including phenoxy) is 1. The molecule has 0 aliphatic heterocycles. The molecule has 2 aromatic rings. The number of benzene rings is 1. The van der Waals surface area contributed by atoms with Gasteiger partial charge in [-0.3, -0.25) is 0 Å². The van der Waals surface area contributed by atoms with Gasteiger partial charge >= 0.3 is 0 Å². The van der Waals surface area contributed by atoms with Crippen LogP contribution in [0, 0.1) is 0 Å². The van der Waals surface area contributed by atoms with Crippen molar-refractivity contribution in [3.8, 4) is 16.9 Å². The van der Waals surface area contributed by atoms with E-state index < -0.39 is 15.1 Å². The molecule has 1 atom stereocenters. The highest BCUT2D eigenvalue weighted by molar-refractivity contribution is 7.90. The van der Waals surface area contributed by atoms with Crippen LogP contribution in [0.4, 0.5) is 5.82 Å². The zero-order chi connectivity index (χ0) is 15.6. The Labute approximate surface area is 123 Å². The van der Waals surface area contributed by atoms with E-state index in [9.17, 15) is 8.42 Å². The van der Waals surface area contributed by atoms with E-state index in [1.54, 1.807) is 31.2 Å². The molecular formula is C14H18N2O4S. The summed E-state index contributed by atoms with van der Waals surface area (Å²) in [5, 5.41) is 2.88. The van der Waals surface area contributed by atoms with E-state index in [1.807, 2.05) is 6.92 Å². The summed E-state index contributed by atoms with van der Waals surface area (Å²) in [6.07, 6.45) is 1.15. The van der Waals surface area contributed by atoms with E-state index in [0.29, 0.717) is 12.2 Å². The minimum absolute atomic E-state index is 0.171. The second-order valence-electron chi connectivity index (χ2n) is 4.74. The molecule has 1 heterocycles. The van der Waals surface area contributed by atoms with Gasteiger partial charge in [0.25, 0.3) is 0 Å². The number of hydrogen-bond acceptors (Lipinski definition) is 6. The predicted octanol–water partition coefficient (Wildman–Crippen LogP) is 2.43. The van der Waals surface area contributed by atoms with E-state index in [4.69, 9.17) is 15.0 Å². The Morgan fingerprint density at radius 3 is 2.48 bits per heavy atom. The van der Waals surface area contributed by atoms with E-state index in [-0.39, 0.29) is 11.6 Å². The highest BCUT2D eigenvalue weighted by atomic mass is 32.2. The van der Waals surface area contributed by atoms with Crippen LogP contribution in [-0.4, -0.2) is 26.4 Å². The Morgan fingerprint density at radius 1 is 1.33 bits per heavy atom. The molecule has 114 valence electrons. The first-order chi connectivity index (χ1) is 9.84. The largest absolute Gasteiger partial charge is 0.494 e. The van der Waals surface area contributed by atoms with Gasteiger partial charge in [-0.05, 0) is 31.5 Å². The summed E-state index contributed by atoms with van der Waals surface area (Å²) in [7, 11) is -3.30. The Balaban J connectivity index is 2.46. The first-order valence-corrected chi connectivity index (χ1v) is 8.47. The lowest BCUT2D eigenvalue weighted by Gasteiger charge is -2.09. The van der Waals surface area contributed by atoms with E-state index in [0.717, 1.165) is 17.6 Å². The molecule has 2 N–H and O–H groups in total. The van der Waals surface area contributed by atoms with Crippen LogP contribution in [0.3, 0.4) is 0 Å². The predicted molar refractivity (Wildman–Crippen MR) is 80.8 cm³/mol. The molecule has 0 fully saturated rings. The maximum atomic E-state index is 11.7. The topological polar surface area (TPSA) is 95.4 Å². The molecule has 2 rings (SSSR count). The lowest BCUT2D eigenvalue weighted by molar-refractivity contribution is 0.340. The molecule has 1 aromatic carbocycles. The third-order valence-electron chi connectivity index (χ3n) is 3.21. The molecule has 7 heteroatoms. The van der Waals surface area contributed by atoms with Gasteiger partial charge in [0.15, 0.2) is 21.4 Å². The minimum Gasteiger partial charge on any atom is -0.494 e. The summed E-state index contributed by atoms with van der Waals surface area (Å²) in [6.45, 7) is 4.02. The summed E-state index contributed by atoms with van der Waals surface area (Å²) in [5.41, 5.74) is 7.07. The highest BCUT2D eigenvalue weighted by Crippen LogP contribution is 2.36. The standard InChI is InChI=1S/C14H18N2O4S/c1-4-19-11-7-5-10(6-8-11)12-13(20-16-14(12)15)9(2)21(3,17)18/h5-9H,4H2,1-3H3,(H2,15,16). The van der Waals surface area contributed by atoms with Gasteiger partial charge in [-0.15, -0.1) is 0 Å². The molecule has 0 aliphatic carbocycles. The van der Waals surface area contributed by atoms with E-state index in [2.05, 4.69) is 5.16 Å². The molecule has 6 nitrogen and oxygen atoms in total. The van der Waals surface area contributed by atoms with Crippen molar-refractivity contribution in [2.45, 2.75) is 19.1 Å². The van der Waals surface area contributed by atoms with Gasteiger partial charge in [0.05, 0.1) is 12.2 Å². The number of aromatic nitrogens is 1. The van der Waals surface area contributed by atoms with Crippen LogP contribution in [-0.2, 0) is 9.84 Å². The lowest BCUT2D eigenvalue weighted by atomic mass is 10.0. The maximum absolute atomic E-state index is 11.7. The molecule has 1 aromatic heterocycles. The van der Waals surface area contributed by atoms with Crippen molar-refractivity contribution in [1.82, 2.24) is 5.16 Å². The van der Waals surface area contributed by atoms with Crippen LogP contribution in [0.5, 0.6) is 5.75 Å². The van der Waals surface area contributed by atoms with Crippen LogP contribution in [0.25, 0.3) is 11.1 Å². The quantitative estimate of drug-likeness (QED) is 0.911. The van der Waals surface area contributed by atoms with E-state index in [1.165, 1.54) is 0 Å². The van der Waals surface area contributed by atoms with Crippen LogP contribution in [0.15, 0.2) is 28.8 Å².